The molecule has 3 rings (SSSR count). The average molecular weight is 321 g/mol. The molecule has 0 radical (unpaired) electrons. The minimum Gasteiger partial charge on any atom is -0.478 e. The molecule has 1 aliphatic rings. The van der Waals surface area contributed by atoms with E-state index in [0.717, 1.165) is 28.1 Å². The van der Waals surface area contributed by atoms with Gasteiger partial charge in [0.2, 0.25) is 0 Å². The third-order valence-corrected chi connectivity index (χ3v) is 5.42. The van der Waals surface area contributed by atoms with E-state index in [1.165, 1.54) is 0 Å². The molecule has 1 heterocycles. The predicted octanol–water partition coefficient (Wildman–Crippen LogP) is 2.28. The molecule has 0 aliphatic carbocycles. The van der Waals surface area contributed by atoms with Crippen molar-refractivity contribution >= 4 is 21.7 Å². The highest BCUT2D eigenvalue weighted by Gasteiger charge is 2.33. The number of sulfonamides is 1. The summed E-state index contributed by atoms with van der Waals surface area (Å²) in [6.45, 7) is 0.207. The van der Waals surface area contributed by atoms with Crippen molar-refractivity contribution < 1.29 is 22.7 Å². The van der Waals surface area contributed by atoms with Gasteiger partial charge in [-0.2, -0.15) is 0 Å². The maximum Gasteiger partial charge on any atom is 0.335 e. The first-order valence-electron chi connectivity index (χ1n) is 6.55. The third-order valence-electron chi connectivity index (χ3n) is 3.59. The van der Waals surface area contributed by atoms with Crippen LogP contribution < -0.4 is 4.31 Å². The summed E-state index contributed by atoms with van der Waals surface area (Å²) in [5.41, 5.74) is 1.09. The molecule has 0 aromatic heterocycles. The van der Waals surface area contributed by atoms with E-state index in [1.54, 1.807) is 18.2 Å². The van der Waals surface area contributed by atoms with E-state index in [9.17, 15) is 17.6 Å². The summed E-state index contributed by atoms with van der Waals surface area (Å²) < 4.78 is 40.4. The Balaban J connectivity index is 2.12. The molecule has 5 nitrogen and oxygen atoms in total. The molecular weight excluding hydrogens is 309 g/mol. The Morgan fingerprint density at radius 2 is 1.91 bits per heavy atom. The van der Waals surface area contributed by atoms with Gasteiger partial charge in [-0.25, -0.2) is 17.6 Å². The van der Waals surface area contributed by atoms with Crippen molar-refractivity contribution in [3.05, 3.63) is 59.4 Å². The maximum atomic E-state index is 14.0. The van der Waals surface area contributed by atoms with E-state index in [0.29, 0.717) is 12.1 Å². The summed E-state index contributed by atoms with van der Waals surface area (Å²) >= 11 is 0. The first-order valence-corrected chi connectivity index (χ1v) is 7.99. The molecule has 0 spiro atoms. The van der Waals surface area contributed by atoms with Crippen molar-refractivity contribution in [1.82, 2.24) is 0 Å². The first kappa shape index (κ1) is 14.5. The largest absolute Gasteiger partial charge is 0.478 e. The Hall–Kier alpha value is -2.41. The highest BCUT2D eigenvalue weighted by molar-refractivity contribution is 7.92. The van der Waals surface area contributed by atoms with Crippen molar-refractivity contribution in [1.29, 1.82) is 0 Å². The van der Waals surface area contributed by atoms with Crippen molar-refractivity contribution in [3.63, 3.8) is 0 Å². The lowest BCUT2D eigenvalue weighted by atomic mass is 10.2. The van der Waals surface area contributed by atoms with Crippen LogP contribution in [0, 0.1) is 5.82 Å². The van der Waals surface area contributed by atoms with Crippen LogP contribution in [-0.4, -0.2) is 26.0 Å². The number of hydrogen-bond donors (Lipinski definition) is 1. The van der Waals surface area contributed by atoms with Crippen LogP contribution in [0.3, 0.4) is 0 Å². The lowest BCUT2D eigenvalue weighted by Crippen LogP contribution is -2.30. The van der Waals surface area contributed by atoms with Gasteiger partial charge in [0, 0.05) is 6.54 Å². The highest BCUT2D eigenvalue weighted by atomic mass is 32.2. The van der Waals surface area contributed by atoms with Crippen LogP contribution in [0.25, 0.3) is 0 Å². The number of carbonyl (C=O) groups is 1. The summed E-state index contributed by atoms with van der Waals surface area (Å²) in [7, 11) is -4.14. The van der Waals surface area contributed by atoms with E-state index in [-0.39, 0.29) is 12.1 Å². The number of aromatic carboxylic acids is 1. The number of anilines is 1. The van der Waals surface area contributed by atoms with E-state index in [2.05, 4.69) is 0 Å². The van der Waals surface area contributed by atoms with Crippen LogP contribution in [0.15, 0.2) is 47.4 Å². The van der Waals surface area contributed by atoms with Gasteiger partial charge in [0.15, 0.2) is 0 Å². The summed E-state index contributed by atoms with van der Waals surface area (Å²) in [6.07, 6.45) is 0.537. The van der Waals surface area contributed by atoms with Gasteiger partial charge in [-0.3, -0.25) is 4.31 Å². The Kier molecular flexibility index (Phi) is 3.37. The predicted molar refractivity (Wildman–Crippen MR) is 78.0 cm³/mol. The Bertz CT molecular complexity index is 864. The van der Waals surface area contributed by atoms with Crippen LogP contribution in [-0.2, 0) is 16.4 Å². The quantitative estimate of drug-likeness (QED) is 0.941. The molecule has 114 valence electrons. The molecule has 2 aromatic rings. The zero-order valence-electron chi connectivity index (χ0n) is 11.4. The Morgan fingerprint density at radius 1 is 1.18 bits per heavy atom. The van der Waals surface area contributed by atoms with E-state index in [1.807, 2.05) is 6.07 Å². The van der Waals surface area contributed by atoms with Crippen molar-refractivity contribution in [2.45, 2.75) is 11.3 Å². The summed E-state index contributed by atoms with van der Waals surface area (Å²) in [5.74, 6) is -2.27. The van der Waals surface area contributed by atoms with Gasteiger partial charge in [0.05, 0.1) is 11.3 Å². The van der Waals surface area contributed by atoms with Crippen LogP contribution >= 0.6 is 0 Å². The zero-order chi connectivity index (χ0) is 15.9. The normalized spacial score (nSPS) is 14.0. The molecule has 0 unspecified atom stereocenters. The Morgan fingerprint density at radius 3 is 2.64 bits per heavy atom. The van der Waals surface area contributed by atoms with Gasteiger partial charge >= 0.3 is 5.97 Å². The second-order valence-corrected chi connectivity index (χ2v) is 6.74. The van der Waals surface area contributed by atoms with Gasteiger partial charge in [0.25, 0.3) is 10.0 Å². The topological polar surface area (TPSA) is 74.7 Å². The average Bonchev–Trinajstić information content (AvgIpc) is 2.91. The molecule has 0 fully saturated rings. The summed E-state index contributed by atoms with van der Waals surface area (Å²) in [5, 5.41) is 8.96. The number of para-hydroxylation sites is 1. The minimum atomic E-state index is -4.14. The minimum absolute atomic E-state index is 0.207. The SMILES string of the molecule is O=C(O)c1ccc(F)c(S(=O)(=O)N2CCc3ccccc32)c1. The molecule has 0 bridgehead atoms. The summed E-state index contributed by atoms with van der Waals surface area (Å²) in [4.78, 5) is 10.4. The van der Waals surface area contributed by atoms with Gasteiger partial charge < -0.3 is 5.11 Å². The lowest BCUT2D eigenvalue weighted by molar-refractivity contribution is 0.0696. The standard InChI is InChI=1S/C15H12FNO4S/c16-12-6-5-11(15(18)19)9-14(12)22(20,21)17-8-7-10-3-1-2-4-13(10)17/h1-6,9H,7-8H2,(H,18,19). The van der Waals surface area contributed by atoms with Crippen LogP contribution in [0.1, 0.15) is 15.9 Å². The van der Waals surface area contributed by atoms with Gasteiger partial charge in [-0.1, -0.05) is 18.2 Å². The van der Waals surface area contributed by atoms with Crippen LogP contribution in [0.4, 0.5) is 10.1 Å². The molecule has 22 heavy (non-hydrogen) atoms. The van der Waals surface area contributed by atoms with Crippen LogP contribution in [0.2, 0.25) is 0 Å². The first-order chi connectivity index (χ1) is 10.4. The number of benzene rings is 2. The summed E-state index contributed by atoms with van der Waals surface area (Å²) in [6, 6.07) is 9.73. The lowest BCUT2D eigenvalue weighted by Gasteiger charge is -2.20. The van der Waals surface area contributed by atoms with E-state index < -0.39 is 26.7 Å². The number of hydrogen-bond acceptors (Lipinski definition) is 3. The van der Waals surface area contributed by atoms with Crippen LogP contribution in [0.5, 0.6) is 0 Å². The molecular formula is C15H12FNO4S. The van der Waals surface area contributed by atoms with Gasteiger partial charge in [-0.15, -0.1) is 0 Å². The molecule has 0 atom stereocenters. The third kappa shape index (κ3) is 2.23. The molecule has 1 aliphatic heterocycles. The maximum absolute atomic E-state index is 14.0. The number of carboxylic acid groups (broad SMARTS) is 1. The highest BCUT2D eigenvalue weighted by Crippen LogP contribution is 2.33. The molecule has 1 N–H and O–H groups in total. The fourth-order valence-electron chi connectivity index (χ4n) is 2.51. The second-order valence-electron chi connectivity index (χ2n) is 4.91. The molecule has 0 amide bonds. The Labute approximate surface area is 126 Å². The molecule has 7 heteroatoms. The smallest absolute Gasteiger partial charge is 0.335 e. The second kappa shape index (κ2) is 5.10. The fraction of sp³-hybridized carbons (Fsp3) is 0.133. The number of halogens is 1. The van der Waals surface area contributed by atoms with E-state index in [4.69, 9.17) is 5.11 Å². The zero-order valence-corrected chi connectivity index (χ0v) is 12.2. The molecule has 0 saturated carbocycles. The number of carboxylic acids is 1. The van der Waals surface area contributed by atoms with Gasteiger partial charge in [0.1, 0.15) is 10.7 Å². The molecule has 0 saturated heterocycles. The number of rotatable bonds is 3. The van der Waals surface area contributed by atoms with E-state index >= 15 is 0 Å². The van der Waals surface area contributed by atoms with Crippen molar-refractivity contribution in [3.8, 4) is 0 Å². The molecule has 2 aromatic carbocycles. The van der Waals surface area contributed by atoms with Gasteiger partial charge in [-0.05, 0) is 36.2 Å². The number of fused-ring (bicyclic) bond motifs is 1. The van der Waals surface area contributed by atoms with Crippen molar-refractivity contribution in [2.24, 2.45) is 0 Å². The fourth-order valence-corrected chi connectivity index (χ4v) is 4.11. The number of nitrogens with zero attached hydrogens (tertiary/aromatic N) is 1. The van der Waals surface area contributed by atoms with Crippen molar-refractivity contribution in [2.75, 3.05) is 10.8 Å². The monoisotopic (exact) mass is 321 g/mol.